The van der Waals surface area contributed by atoms with Gasteiger partial charge in [0.15, 0.2) is 0 Å². The van der Waals surface area contributed by atoms with Gasteiger partial charge in [0.1, 0.15) is 6.04 Å². The molecule has 1 rings (SSSR count). The summed E-state index contributed by atoms with van der Waals surface area (Å²) in [6.45, 7) is 4.07. The minimum Gasteiger partial charge on any atom is -0.466 e. The summed E-state index contributed by atoms with van der Waals surface area (Å²) in [6.07, 6.45) is 0.0538. The van der Waals surface area contributed by atoms with E-state index in [9.17, 15) is 4.79 Å². The monoisotopic (exact) mass is 232 g/mol. The predicted octanol–water partition coefficient (Wildman–Crippen LogP) is 2.25. The number of carbonyl (C=O) groups is 1. The number of nitrogens with one attached hydrogen (secondary N) is 1. The highest BCUT2D eigenvalue weighted by atomic mass is 16.5. The number of hydrogen-bond acceptors (Lipinski definition) is 4. The predicted molar refractivity (Wildman–Crippen MR) is 65.5 cm³/mol. The number of ether oxygens (including phenoxy) is 1. The van der Waals surface area contributed by atoms with Gasteiger partial charge in [-0.05, 0) is 26.0 Å². The van der Waals surface area contributed by atoms with Gasteiger partial charge in [-0.3, -0.25) is 4.79 Å². The van der Waals surface area contributed by atoms with Crippen LogP contribution in [-0.2, 0) is 9.53 Å². The second-order valence-corrected chi connectivity index (χ2v) is 3.70. The molecule has 0 bridgehead atoms. The standard InChI is InChI=1S/C13H16N2O2/c1-3-17-13(16)8-12(9-14)15-11-6-4-10(2)5-7-11/h4-7,12,15H,3,8H2,1-2H3. The van der Waals surface area contributed by atoms with Gasteiger partial charge in [0.05, 0.1) is 19.1 Å². The Morgan fingerprint density at radius 1 is 1.47 bits per heavy atom. The van der Waals surface area contributed by atoms with Crippen LogP contribution in [0.1, 0.15) is 18.9 Å². The molecular weight excluding hydrogens is 216 g/mol. The largest absolute Gasteiger partial charge is 0.466 e. The van der Waals surface area contributed by atoms with Crippen LogP contribution >= 0.6 is 0 Å². The number of rotatable bonds is 5. The highest BCUT2D eigenvalue weighted by Gasteiger charge is 2.13. The fraction of sp³-hybridized carbons (Fsp3) is 0.385. The molecule has 0 aliphatic heterocycles. The van der Waals surface area contributed by atoms with E-state index >= 15 is 0 Å². The van der Waals surface area contributed by atoms with E-state index in [4.69, 9.17) is 10.00 Å². The van der Waals surface area contributed by atoms with Gasteiger partial charge in [-0.15, -0.1) is 0 Å². The summed E-state index contributed by atoms with van der Waals surface area (Å²) in [5.74, 6) is -0.362. The molecule has 90 valence electrons. The van der Waals surface area contributed by atoms with E-state index in [2.05, 4.69) is 5.32 Å². The Balaban J connectivity index is 2.55. The van der Waals surface area contributed by atoms with Gasteiger partial charge in [0.2, 0.25) is 0 Å². The summed E-state index contributed by atoms with van der Waals surface area (Å²) >= 11 is 0. The molecule has 4 nitrogen and oxygen atoms in total. The third-order valence-electron chi connectivity index (χ3n) is 2.22. The lowest BCUT2D eigenvalue weighted by molar-refractivity contribution is -0.143. The van der Waals surface area contributed by atoms with Crippen molar-refractivity contribution in [3.05, 3.63) is 29.8 Å². The van der Waals surface area contributed by atoms with E-state index in [1.165, 1.54) is 0 Å². The van der Waals surface area contributed by atoms with Gasteiger partial charge in [0.25, 0.3) is 0 Å². The Morgan fingerprint density at radius 2 is 2.12 bits per heavy atom. The number of nitrogens with zero attached hydrogens (tertiary/aromatic N) is 1. The molecule has 0 spiro atoms. The molecule has 1 unspecified atom stereocenters. The van der Waals surface area contributed by atoms with Gasteiger partial charge in [0, 0.05) is 5.69 Å². The van der Waals surface area contributed by atoms with Crippen LogP contribution in [0.2, 0.25) is 0 Å². The zero-order valence-corrected chi connectivity index (χ0v) is 10.1. The second-order valence-electron chi connectivity index (χ2n) is 3.70. The normalized spacial score (nSPS) is 11.4. The molecule has 0 radical (unpaired) electrons. The molecule has 0 fully saturated rings. The molecular formula is C13H16N2O2. The van der Waals surface area contributed by atoms with E-state index in [0.717, 1.165) is 11.3 Å². The molecule has 0 saturated heterocycles. The molecule has 17 heavy (non-hydrogen) atoms. The van der Waals surface area contributed by atoms with Crippen molar-refractivity contribution >= 4 is 11.7 Å². The molecule has 1 N–H and O–H groups in total. The van der Waals surface area contributed by atoms with Crippen molar-refractivity contribution in [2.24, 2.45) is 0 Å². The highest BCUT2D eigenvalue weighted by Crippen LogP contribution is 2.11. The van der Waals surface area contributed by atoms with Crippen molar-refractivity contribution in [3.8, 4) is 6.07 Å². The van der Waals surface area contributed by atoms with Crippen LogP contribution in [0.5, 0.6) is 0 Å². The highest BCUT2D eigenvalue weighted by molar-refractivity contribution is 5.71. The third-order valence-corrected chi connectivity index (χ3v) is 2.22. The first-order valence-corrected chi connectivity index (χ1v) is 5.54. The Labute approximate surface area is 101 Å². The van der Waals surface area contributed by atoms with Gasteiger partial charge in [-0.1, -0.05) is 17.7 Å². The van der Waals surface area contributed by atoms with Crippen molar-refractivity contribution in [1.29, 1.82) is 5.26 Å². The van der Waals surface area contributed by atoms with Crippen molar-refractivity contribution < 1.29 is 9.53 Å². The number of esters is 1. The van der Waals surface area contributed by atoms with Gasteiger partial charge >= 0.3 is 5.97 Å². The molecule has 4 heteroatoms. The van der Waals surface area contributed by atoms with Gasteiger partial charge in [-0.2, -0.15) is 5.26 Å². The summed E-state index contributed by atoms with van der Waals surface area (Å²) in [5, 5.41) is 11.9. The molecule has 1 aromatic carbocycles. The zero-order chi connectivity index (χ0) is 12.7. The first-order chi connectivity index (χ1) is 8.15. The summed E-state index contributed by atoms with van der Waals surface area (Å²) in [5.41, 5.74) is 1.97. The third kappa shape index (κ3) is 4.56. The minimum atomic E-state index is -0.559. The Bertz CT molecular complexity index is 406. The van der Waals surface area contributed by atoms with Crippen LogP contribution in [0, 0.1) is 18.3 Å². The van der Waals surface area contributed by atoms with Crippen LogP contribution in [0.4, 0.5) is 5.69 Å². The van der Waals surface area contributed by atoms with Gasteiger partial charge < -0.3 is 10.1 Å². The lowest BCUT2D eigenvalue weighted by Gasteiger charge is -2.12. The number of benzene rings is 1. The van der Waals surface area contributed by atoms with Crippen LogP contribution < -0.4 is 5.32 Å². The average molecular weight is 232 g/mol. The van der Waals surface area contributed by atoms with Crippen molar-refractivity contribution in [2.75, 3.05) is 11.9 Å². The quantitative estimate of drug-likeness (QED) is 0.791. The lowest BCUT2D eigenvalue weighted by Crippen LogP contribution is -2.22. The Kier molecular flexibility index (Phi) is 5.02. The van der Waals surface area contributed by atoms with Crippen molar-refractivity contribution in [2.45, 2.75) is 26.3 Å². The Morgan fingerprint density at radius 3 is 2.65 bits per heavy atom. The molecule has 0 heterocycles. The molecule has 1 aromatic rings. The first kappa shape index (κ1) is 13.0. The molecule has 0 aliphatic rings. The fourth-order valence-electron chi connectivity index (χ4n) is 1.37. The topological polar surface area (TPSA) is 62.1 Å². The number of aryl methyl sites for hydroxylation is 1. The maximum atomic E-state index is 11.2. The summed E-state index contributed by atoms with van der Waals surface area (Å²) in [4.78, 5) is 11.2. The van der Waals surface area contributed by atoms with Crippen LogP contribution in [0.25, 0.3) is 0 Å². The van der Waals surface area contributed by atoms with Crippen molar-refractivity contribution in [1.82, 2.24) is 0 Å². The van der Waals surface area contributed by atoms with E-state index in [1.54, 1.807) is 6.92 Å². The minimum absolute atomic E-state index is 0.0538. The van der Waals surface area contributed by atoms with E-state index < -0.39 is 6.04 Å². The van der Waals surface area contributed by atoms with E-state index in [0.29, 0.717) is 6.61 Å². The average Bonchev–Trinajstić information content (AvgIpc) is 2.31. The Hall–Kier alpha value is -2.02. The smallest absolute Gasteiger partial charge is 0.308 e. The molecule has 1 atom stereocenters. The second kappa shape index (κ2) is 6.54. The van der Waals surface area contributed by atoms with Crippen LogP contribution in [0.15, 0.2) is 24.3 Å². The maximum Gasteiger partial charge on any atom is 0.308 e. The summed E-state index contributed by atoms with van der Waals surface area (Å²) in [6, 6.07) is 9.13. The van der Waals surface area contributed by atoms with Gasteiger partial charge in [-0.25, -0.2) is 0 Å². The number of anilines is 1. The van der Waals surface area contributed by atoms with Crippen LogP contribution in [0.3, 0.4) is 0 Å². The zero-order valence-electron chi connectivity index (χ0n) is 10.1. The molecule has 0 amide bonds. The lowest BCUT2D eigenvalue weighted by atomic mass is 10.2. The molecule has 0 aliphatic carbocycles. The van der Waals surface area contributed by atoms with E-state index in [-0.39, 0.29) is 12.4 Å². The molecule has 0 saturated carbocycles. The fourth-order valence-corrected chi connectivity index (χ4v) is 1.37. The maximum absolute atomic E-state index is 11.2. The molecule has 0 aromatic heterocycles. The SMILES string of the molecule is CCOC(=O)CC(C#N)Nc1ccc(C)cc1. The summed E-state index contributed by atoms with van der Waals surface area (Å²) in [7, 11) is 0. The number of nitriles is 1. The number of carbonyl (C=O) groups excluding carboxylic acids is 1. The number of hydrogen-bond donors (Lipinski definition) is 1. The van der Waals surface area contributed by atoms with Crippen LogP contribution in [-0.4, -0.2) is 18.6 Å². The van der Waals surface area contributed by atoms with E-state index in [1.807, 2.05) is 37.3 Å². The summed E-state index contributed by atoms with van der Waals surface area (Å²) < 4.78 is 4.80. The first-order valence-electron chi connectivity index (χ1n) is 5.54. The van der Waals surface area contributed by atoms with Crippen molar-refractivity contribution in [3.63, 3.8) is 0 Å².